The van der Waals surface area contributed by atoms with E-state index < -0.39 is 25.1 Å². The molecule has 0 aromatic carbocycles. The maximum atomic E-state index is 13.5. The number of unbranched alkanes of at least 4 members (excludes halogenated alkanes) is 2. The van der Waals surface area contributed by atoms with E-state index >= 15 is 0 Å². The quantitative estimate of drug-likeness (QED) is 0.130. The first-order chi connectivity index (χ1) is 16.0. The number of nitrogens with two attached hydrogens (primary N) is 1. The molecule has 2 aromatic rings. The number of aromatic nitrogens is 4. The standard InChI is InChI=1S/C21H36N7O5P/c1-7-8-9-10-31-20(29)21(5,6)27-34(30,33-26-15(2)3)14-32-16(4)11-28-13-25-17-18(22)23-12-24-19(17)28/h12-13,16H,7-11,14H2,1-6H3,(H,27,30)(H2,22,23,24)/t16-,34+/m1/s1. The third-order valence-electron chi connectivity index (χ3n) is 4.71. The highest BCUT2D eigenvalue weighted by Gasteiger charge is 2.39. The summed E-state index contributed by atoms with van der Waals surface area (Å²) in [5.41, 5.74) is 6.19. The summed E-state index contributed by atoms with van der Waals surface area (Å²) in [7, 11) is -3.72. The number of hydrogen-bond donors (Lipinski definition) is 2. The molecule has 0 aliphatic rings. The number of anilines is 1. The highest BCUT2D eigenvalue weighted by atomic mass is 31.2. The third kappa shape index (κ3) is 8.03. The van der Waals surface area contributed by atoms with Crippen molar-refractivity contribution < 1.29 is 23.5 Å². The normalized spacial score (nSPS) is 14.4. The summed E-state index contributed by atoms with van der Waals surface area (Å²) in [5.74, 6) is -0.240. The summed E-state index contributed by atoms with van der Waals surface area (Å²) >= 11 is 0. The van der Waals surface area contributed by atoms with E-state index in [0.29, 0.717) is 30.0 Å². The fraction of sp³-hybridized carbons (Fsp3) is 0.667. The molecule has 0 spiro atoms. The van der Waals surface area contributed by atoms with Gasteiger partial charge >= 0.3 is 13.5 Å². The van der Waals surface area contributed by atoms with Crippen molar-refractivity contribution in [2.24, 2.45) is 5.16 Å². The molecule has 2 rings (SSSR count). The Morgan fingerprint density at radius 3 is 2.71 bits per heavy atom. The largest absolute Gasteiger partial charge is 0.464 e. The maximum absolute atomic E-state index is 13.5. The van der Waals surface area contributed by atoms with Gasteiger partial charge in [0.15, 0.2) is 11.5 Å². The maximum Gasteiger partial charge on any atom is 0.365 e. The van der Waals surface area contributed by atoms with E-state index in [2.05, 4.69) is 32.1 Å². The first-order valence-electron chi connectivity index (χ1n) is 11.3. The zero-order valence-corrected chi connectivity index (χ0v) is 21.7. The van der Waals surface area contributed by atoms with Crippen LogP contribution in [0.5, 0.6) is 0 Å². The van der Waals surface area contributed by atoms with Crippen LogP contribution in [0.15, 0.2) is 17.8 Å². The second kappa shape index (κ2) is 12.2. The molecule has 12 nitrogen and oxygen atoms in total. The number of hydrogen-bond acceptors (Lipinski definition) is 10. The van der Waals surface area contributed by atoms with Crippen molar-refractivity contribution >= 4 is 36.2 Å². The van der Waals surface area contributed by atoms with Crippen LogP contribution in [0.1, 0.15) is 60.8 Å². The van der Waals surface area contributed by atoms with Gasteiger partial charge in [0.1, 0.15) is 23.7 Å². The van der Waals surface area contributed by atoms with Gasteiger partial charge in [0.05, 0.1) is 31.3 Å². The van der Waals surface area contributed by atoms with E-state index in [1.54, 1.807) is 38.6 Å². The molecule has 2 heterocycles. The Morgan fingerprint density at radius 2 is 2.03 bits per heavy atom. The number of ether oxygens (including phenoxy) is 2. The Balaban J connectivity index is 2.06. The van der Waals surface area contributed by atoms with Crippen LogP contribution in [-0.4, -0.2) is 55.8 Å². The molecular formula is C21H36N7O5P. The molecule has 2 aromatic heterocycles. The van der Waals surface area contributed by atoms with Gasteiger partial charge < -0.3 is 24.4 Å². The van der Waals surface area contributed by atoms with Gasteiger partial charge in [-0.05, 0) is 41.0 Å². The minimum absolute atomic E-state index is 0.288. The van der Waals surface area contributed by atoms with Gasteiger partial charge in [-0.3, -0.25) is 9.36 Å². The number of carbonyl (C=O) groups excluding carboxylic acids is 1. The zero-order chi connectivity index (χ0) is 25.4. The second-order valence-corrected chi connectivity index (χ2v) is 10.8. The summed E-state index contributed by atoms with van der Waals surface area (Å²) in [6, 6.07) is 0. The van der Waals surface area contributed by atoms with Crippen molar-refractivity contribution in [1.29, 1.82) is 0 Å². The second-order valence-electron chi connectivity index (χ2n) is 8.81. The summed E-state index contributed by atoms with van der Waals surface area (Å²) in [5, 5.41) is 6.63. The average Bonchev–Trinajstić information content (AvgIpc) is 3.17. The Hall–Kier alpha value is -2.56. The van der Waals surface area contributed by atoms with Crippen LogP contribution in [-0.2, 0) is 30.0 Å². The number of oxime groups is 1. The molecule has 0 saturated carbocycles. The summed E-state index contributed by atoms with van der Waals surface area (Å²) in [6.45, 7) is 11.1. The molecule has 2 atom stereocenters. The van der Waals surface area contributed by atoms with E-state index in [4.69, 9.17) is 19.8 Å². The van der Waals surface area contributed by atoms with Gasteiger partial charge in [-0.25, -0.2) is 20.0 Å². The topological polar surface area (TPSA) is 156 Å². The van der Waals surface area contributed by atoms with Crippen LogP contribution in [0.2, 0.25) is 0 Å². The van der Waals surface area contributed by atoms with Crippen LogP contribution in [0.4, 0.5) is 5.82 Å². The van der Waals surface area contributed by atoms with Crippen molar-refractivity contribution in [3.63, 3.8) is 0 Å². The molecule has 0 saturated heterocycles. The highest BCUT2D eigenvalue weighted by Crippen LogP contribution is 2.45. The van der Waals surface area contributed by atoms with Crippen LogP contribution in [0, 0.1) is 0 Å². The number of carbonyl (C=O) groups is 1. The lowest BCUT2D eigenvalue weighted by Gasteiger charge is -2.29. The summed E-state index contributed by atoms with van der Waals surface area (Å²) < 4.78 is 31.8. The lowest BCUT2D eigenvalue weighted by atomic mass is 10.1. The Morgan fingerprint density at radius 1 is 1.29 bits per heavy atom. The number of esters is 1. The number of rotatable bonds is 14. The fourth-order valence-corrected chi connectivity index (χ4v) is 4.82. The van der Waals surface area contributed by atoms with Crippen LogP contribution in [0.25, 0.3) is 11.2 Å². The van der Waals surface area contributed by atoms with Gasteiger partial charge in [-0.15, -0.1) is 0 Å². The zero-order valence-electron chi connectivity index (χ0n) is 20.8. The van der Waals surface area contributed by atoms with Crippen molar-refractivity contribution in [2.75, 3.05) is 18.7 Å². The predicted molar refractivity (Wildman–Crippen MR) is 130 cm³/mol. The van der Waals surface area contributed by atoms with Gasteiger partial charge in [-0.1, -0.05) is 24.9 Å². The Kier molecular flexibility index (Phi) is 9.96. The molecule has 34 heavy (non-hydrogen) atoms. The molecular weight excluding hydrogens is 461 g/mol. The average molecular weight is 498 g/mol. The molecule has 13 heteroatoms. The van der Waals surface area contributed by atoms with E-state index in [-0.39, 0.29) is 12.2 Å². The lowest BCUT2D eigenvalue weighted by Crippen LogP contribution is -2.47. The first kappa shape index (κ1) is 27.7. The molecule has 0 amide bonds. The third-order valence-corrected chi connectivity index (χ3v) is 6.44. The van der Waals surface area contributed by atoms with Crippen molar-refractivity contribution in [3.05, 3.63) is 12.7 Å². The smallest absolute Gasteiger partial charge is 0.365 e. The highest BCUT2D eigenvalue weighted by molar-refractivity contribution is 7.56. The molecule has 0 bridgehead atoms. The molecule has 0 fully saturated rings. The predicted octanol–water partition coefficient (Wildman–Crippen LogP) is 3.48. The van der Waals surface area contributed by atoms with Crippen LogP contribution in [0.3, 0.4) is 0 Å². The van der Waals surface area contributed by atoms with Crippen molar-refractivity contribution in [1.82, 2.24) is 24.6 Å². The van der Waals surface area contributed by atoms with Crippen LogP contribution >= 0.6 is 7.52 Å². The van der Waals surface area contributed by atoms with Gasteiger partial charge in [-0.2, -0.15) is 0 Å². The first-order valence-corrected chi connectivity index (χ1v) is 13.1. The number of imidazole rings is 1. The Labute approximate surface area is 200 Å². The summed E-state index contributed by atoms with van der Waals surface area (Å²) in [6.07, 6.45) is 4.98. The Bertz CT molecular complexity index is 1040. The molecule has 0 aliphatic carbocycles. The van der Waals surface area contributed by atoms with E-state index in [9.17, 15) is 9.36 Å². The van der Waals surface area contributed by atoms with E-state index in [0.717, 1.165) is 19.3 Å². The SMILES string of the molecule is CCCCCOC(=O)C(C)(C)N[P@](=O)(CO[C@H](C)Cn1cnc2c(N)ncnc21)ON=C(C)C. The molecule has 0 aliphatic heterocycles. The van der Waals surface area contributed by atoms with Gasteiger partial charge in [0.25, 0.3) is 0 Å². The monoisotopic (exact) mass is 497 g/mol. The number of fused-ring (bicyclic) bond motifs is 1. The van der Waals surface area contributed by atoms with Gasteiger partial charge in [0.2, 0.25) is 0 Å². The fourth-order valence-electron chi connectivity index (χ4n) is 2.98. The molecule has 0 unspecified atom stereocenters. The van der Waals surface area contributed by atoms with E-state index in [1.165, 1.54) is 6.33 Å². The van der Waals surface area contributed by atoms with E-state index in [1.807, 2.05) is 6.92 Å². The molecule has 190 valence electrons. The minimum atomic E-state index is -3.72. The molecule has 3 N–H and O–H groups in total. The molecule has 0 radical (unpaired) electrons. The van der Waals surface area contributed by atoms with Gasteiger partial charge in [0, 0.05) is 0 Å². The van der Waals surface area contributed by atoms with Crippen LogP contribution < -0.4 is 10.8 Å². The minimum Gasteiger partial charge on any atom is -0.464 e. The summed E-state index contributed by atoms with van der Waals surface area (Å²) in [4.78, 5) is 24.9. The van der Waals surface area contributed by atoms with Crippen molar-refractivity contribution in [3.8, 4) is 0 Å². The van der Waals surface area contributed by atoms with Crippen molar-refractivity contribution in [2.45, 2.75) is 79.0 Å². The number of nitrogens with zero attached hydrogens (tertiary/aromatic N) is 5. The lowest BCUT2D eigenvalue weighted by molar-refractivity contribution is -0.149. The number of nitrogens with one attached hydrogen (secondary N) is 1. The number of nitrogen functional groups attached to an aromatic ring is 1.